The number of hydrogen-bond donors (Lipinski definition) is 2. The highest BCUT2D eigenvalue weighted by Gasteiger charge is 2.30. The number of sulfonamides is 1. The number of nitrogens with one attached hydrogen (secondary N) is 1. The van der Waals surface area contributed by atoms with Crippen molar-refractivity contribution in [1.29, 1.82) is 0 Å². The molecule has 1 aliphatic carbocycles. The van der Waals surface area contributed by atoms with E-state index in [9.17, 15) is 8.42 Å². The molecule has 2 atom stereocenters. The molecule has 3 N–H and O–H groups in total. The molecule has 2 rings (SSSR count). The molecule has 0 amide bonds. The lowest BCUT2D eigenvalue weighted by Crippen LogP contribution is -2.36. The van der Waals surface area contributed by atoms with E-state index in [0.29, 0.717) is 10.4 Å². The zero-order chi connectivity index (χ0) is 14.2. The minimum Gasteiger partial charge on any atom is -0.398 e. The molecule has 1 aromatic carbocycles. The van der Waals surface area contributed by atoms with E-state index in [1.807, 2.05) is 0 Å². The van der Waals surface area contributed by atoms with Crippen LogP contribution in [0.25, 0.3) is 0 Å². The maximum Gasteiger partial charge on any atom is 0.244 e. The SMILES string of the molecule is CC1CCCC1NS(=O)(=O)c1c(N)cc(Br)cc1Br. The van der Waals surface area contributed by atoms with Crippen LogP contribution in [0.1, 0.15) is 26.2 Å². The van der Waals surface area contributed by atoms with E-state index in [-0.39, 0.29) is 16.6 Å². The zero-order valence-corrected chi connectivity index (χ0v) is 14.5. The van der Waals surface area contributed by atoms with Crippen molar-refractivity contribution in [3.8, 4) is 0 Å². The van der Waals surface area contributed by atoms with Crippen molar-refractivity contribution in [1.82, 2.24) is 4.72 Å². The maximum absolute atomic E-state index is 12.5. The normalized spacial score (nSPS) is 23.7. The van der Waals surface area contributed by atoms with Crippen LogP contribution in [-0.4, -0.2) is 14.5 Å². The molecule has 2 unspecified atom stereocenters. The van der Waals surface area contributed by atoms with Crippen molar-refractivity contribution in [2.24, 2.45) is 5.92 Å². The van der Waals surface area contributed by atoms with Gasteiger partial charge in [0.05, 0.1) is 5.69 Å². The molecule has 0 spiro atoms. The third-order valence-electron chi connectivity index (χ3n) is 3.47. The Labute approximate surface area is 130 Å². The largest absolute Gasteiger partial charge is 0.398 e. The Kier molecular flexibility index (Phi) is 4.59. The molecule has 0 radical (unpaired) electrons. The Bertz CT molecular complexity index is 566. The van der Waals surface area contributed by atoms with Crippen LogP contribution in [0.2, 0.25) is 0 Å². The fraction of sp³-hybridized carbons (Fsp3) is 0.500. The standard InChI is InChI=1S/C12H16Br2N2O2S/c1-7-3-2-4-11(7)16-19(17,18)12-9(14)5-8(13)6-10(12)15/h5-7,11,16H,2-4,15H2,1H3. The van der Waals surface area contributed by atoms with Gasteiger partial charge >= 0.3 is 0 Å². The quantitative estimate of drug-likeness (QED) is 0.749. The molecule has 1 aliphatic rings. The van der Waals surface area contributed by atoms with Gasteiger partial charge in [0.15, 0.2) is 0 Å². The van der Waals surface area contributed by atoms with E-state index in [2.05, 4.69) is 43.5 Å². The van der Waals surface area contributed by atoms with Crippen LogP contribution >= 0.6 is 31.9 Å². The van der Waals surface area contributed by atoms with Gasteiger partial charge in [-0.05, 0) is 46.8 Å². The third kappa shape index (κ3) is 3.32. The molecule has 1 saturated carbocycles. The minimum atomic E-state index is -3.60. The summed E-state index contributed by atoms with van der Waals surface area (Å²) in [4.78, 5) is 0.120. The summed E-state index contributed by atoms with van der Waals surface area (Å²) in [5.41, 5.74) is 6.07. The fourth-order valence-corrected chi connectivity index (χ4v) is 5.89. The van der Waals surface area contributed by atoms with E-state index < -0.39 is 10.0 Å². The highest BCUT2D eigenvalue weighted by molar-refractivity contribution is 9.11. The molecular formula is C12H16Br2N2O2S. The highest BCUT2D eigenvalue weighted by Crippen LogP contribution is 2.33. The molecule has 106 valence electrons. The Balaban J connectivity index is 2.34. The van der Waals surface area contributed by atoms with Gasteiger partial charge < -0.3 is 5.73 Å². The third-order valence-corrected chi connectivity index (χ3v) is 6.43. The first-order valence-electron chi connectivity index (χ1n) is 6.08. The summed E-state index contributed by atoms with van der Waals surface area (Å²) in [5, 5.41) is 0. The number of hydrogen-bond acceptors (Lipinski definition) is 3. The smallest absolute Gasteiger partial charge is 0.244 e. The van der Waals surface area contributed by atoms with E-state index >= 15 is 0 Å². The maximum atomic E-state index is 12.5. The Morgan fingerprint density at radius 2 is 2.00 bits per heavy atom. The number of anilines is 1. The number of halogens is 2. The summed E-state index contributed by atoms with van der Waals surface area (Å²) in [6.45, 7) is 2.07. The molecule has 0 heterocycles. The molecule has 0 bridgehead atoms. The molecule has 0 aliphatic heterocycles. The van der Waals surface area contributed by atoms with Crippen LogP contribution in [0.15, 0.2) is 26.0 Å². The van der Waals surface area contributed by atoms with Gasteiger partial charge in [-0.3, -0.25) is 0 Å². The molecule has 19 heavy (non-hydrogen) atoms. The molecule has 1 aromatic rings. The number of nitrogens with two attached hydrogens (primary N) is 1. The average molecular weight is 412 g/mol. The molecule has 7 heteroatoms. The summed E-state index contributed by atoms with van der Waals surface area (Å²) >= 11 is 6.56. The van der Waals surface area contributed by atoms with Crippen molar-refractivity contribution in [2.75, 3.05) is 5.73 Å². The predicted molar refractivity (Wildman–Crippen MR) is 83.4 cm³/mol. The summed E-state index contributed by atoms with van der Waals surface area (Å²) in [5.74, 6) is 0.366. The zero-order valence-electron chi connectivity index (χ0n) is 10.5. The van der Waals surface area contributed by atoms with Gasteiger partial charge in [0.25, 0.3) is 0 Å². The van der Waals surface area contributed by atoms with Crippen molar-refractivity contribution < 1.29 is 8.42 Å². The van der Waals surface area contributed by atoms with Crippen LogP contribution in [-0.2, 0) is 10.0 Å². The minimum absolute atomic E-state index is 0.0000492. The highest BCUT2D eigenvalue weighted by atomic mass is 79.9. The van der Waals surface area contributed by atoms with E-state index in [1.165, 1.54) is 0 Å². The van der Waals surface area contributed by atoms with Crippen molar-refractivity contribution in [3.63, 3.8) is 0 Å². The Morgan fingerprint density at radius 3 is 2.53 bits per heavy atom. The Morgan fingerprint density at radius 1 is 1.32 bits per heavy atom. The van der Waals surface area contributed by atoms with Crippen molar-refractivity contribution >= 4 is 47.6 Å². The number of nitrogen functional groups attached to an aromatic ring is 1. The van der Waals surface area contributed by atoms with Gasteiger partial charge in [0.2, 0.25) is 10.0 Å². The molecule has 4 nitrogen and oxygen atoms in total. The number of rotatable bonds is 3. The molecule has 0 saturated heterocycles. The van der Waals surface area contributed by atoms with Gasteiger partial charge in [0.1, 0.15) is 4.90 Å². The predicted octanol–water partition coefficient (Wildman–Crippen LogP) is 3.26. The first-order chi connectivity index (χ1) is 8.81. The van der Waals surface area contributed by atoms with Gasteiger partial charge in [-0.1, -0.05) is 29.3 Å². The first kappa shape index (κ1) is 15.3. The second kappa shape index (κ2) is 5.71. The lowest BCUT2D eigenvalue weighted by molar-refractivity contribution is 0.476. The number of benzene rings is 1. The van der Waals surface area contributed by atoms with Gasteiger partial charge in [-0.2, -0.15) is 0 Å². The summed E-state index contributed by atoms with van der Waals surface area (Å²) < 4.78 is 28.9. The first-order valence-corrected chi connectivity index (χ1v) is 9.15. The van der Waals surface area contributed by atoms with Crippen LogP contribution < -0.4 is 10.5 Å². The summed E-state index contributed by atoms with van der Waals surface area (Å²) in [6.07, 6.45) is 3.00. The fourth-order valence-electron chi connectivity index (χ4n) is 2.44. The lowest BCUT2D eigenvalue weighted by Gasteiger charge is -2.19. The van der Waals surface area contributed by atoms with Crippen LogP contribution in [0.5, 0.6) is 0 Å². The monoisotopic (exact) mass is 410 g/mol. The van der Waals surface area contributed by atoms with Crippen LogP contribution in [0.3, 0.4) is 0 Å². The van der Waals surface area contributed by atoms with Crippen molar-refractivity contribution in [2.45, 2.75) is 37.1 Å². The van der Waals surface area contributed by atoms with Crippen LogP contribution in [0, 0.1) is 5.92 Å². The van der Waals surface area contributed by atoms with E-state index in [0.717, 1.165) is 23.7 Å². The van der Waals surface area contributed by atoms with Gasteiger partial charge in [-0.15, -0.1) is 0 Å². The van der Waals surface area contributed by atoms with E-state index in [1.54, 1.807) is 12.1 Å². The van der Waals surface area contributed by atoms with Crippen LogP contribution in [0.4, 0.5) is 5.69 Å². The Hall–Kier alpha value is -0.110. The average Bonchev–Trinajstić information content (AvgIpc) is 2.61. The second-order valence-corrected chi connectivity index (χ2v) is 8.36. The summed E-state index contributed by atoms with van der Waals surface area (Å²) in [7, 11) is -3.60. The van der Waals surface area contributed by atoms with E-state index in [4.69, 9.17) is 5.73 Å². The summed E-state index contributed by atoms with van der Waals surface area (Å²) in [6, 6.07) is 3.28. The lowest BCUT2D eigenvalue weighted by atomic mass is 10.1. The topological polar surface area (TPSA) is 72.2 Å². The van der Waals surface area contributed by atoms with Gasteiger partial charge in [-0.25, -0.2) is 13.1 Å². The van der Waals surface area contributed by atoms with Crippen molar-refractivity contribution in [3.05, 3.63) is 21.1 Å². The molecule has 1 fully saturated rings. The molecule has 0 aromatic heterocycles. The molecular weight excluding hydrogens is 396 g/mol. The van der Waals surface area contributed by atoms with Gasteiger partial charge in [0, 0.05) is 15.0 Å². The second-order valence-electron chi connectivity index (χ2n) is 4.94.